The molecule has 18 nitrogen and oxygen atoms in total. The quantitative estimate of drug-likeness (QED) is 0.117. The van der Waals surface area contributed by atoms with Crippen molar-refractivity contribution in [2.75, 3.05) is 26.4 Å². The Hall–Kier alpha value is -0.370. The van der Waals surface area contributed by atoms with Crippen LogP contribution in [0.4, 0.5) is 0 Å². The van der Waals surface area contributed by atoms with Crippen LogP contribution in [0.3, 0.4) is 0 Å². The molecular formula is C24H38O18S. The van der Waals surface area contributed by atoms with Gasteiger partial charge >= 0.3 is 0 Å². The van der Waals surface area contributed by atoms with E-state index in [0.29, 0.717) is 0 Å². The molecular weight excluding hydrogens is 608 g/mol. The van der Waals surface area contributed by atoms with Gasteiger partial charge in [0, 0.05) is 0 Å². The van der Waals surface area contributed by atoms with Crippen LogP contribution in [-0.2, 0) is 37.9 Å². The van der Waals surface area contributed by atoms with E-state index in [9.17, 15) is 51.1 Å². The lowest BCUT2D eigenvalue weighted by molar-refractivity contribution is -0.364. The average Bonchev–Trinajstić information content (AvgIpc) is 3.48. The minimum atomic E-state index is -1.71. The lowest BCUT2D eigenvalue weighted by Crippen LogP contribution is -2.65. The minimum Gasteiger partial charge on any atom is -0.395 e. The van der Waals surface area contributed by atoms with E-state index in [0.717, 1.165) is 11.8 Å². The van der Waals surface area contributed by atoms with Gasteiger partial charge in [0.1, 0.15) is 90.9 Å². The van der Waals surface area contributed by atoms with Gasteiger partial charge in [-0.05, 0) is 0 Å². The Morgan fingerprint density at radius 1 is 0.558 bits per heavy atom. The first kappa shape index (κ1) is 32.6. The van der Waals surface area contributed by atoms with Gasteiger partial charge in [-0.25, -0.2) is 0 Å². The Kier molecular flexibility index (Phi) is 9.87. The predicted molar refractivity (Wildman–Crippen MR) is 134 cm³/mol. The molecule has 0 aliphatic carbocycles. The van der Waals surface area contributed by atoms with Crippen molar-refractivity contribution in [1.82, 2.24) is 0 Å². The van der Waals surface area contributed by atoms with E-state index in [1.807, 2.05) is 0 Å². The third-order valence-corrected chi connectivity index (χ3v) is 10.1. The second-order valence-electron chi connectivity index (χ2n) is 11.4. The van der Waals surface area contributed by atoms with Crippen molar-refractivity contribution in [1.29, 1.82) is 0 Å². The Balaban J connectivity index is 1.12. The molecule has 0 aromatic rings. The van der Waals surface area contributed by atoms with Crippen LogP contribution in [0.2, 0.25) is 0 Å². The lowest BCUT2D eigenvalue weighted by Gasteiger charge is -2.47. The molecule has 6 aliphatic heterocycles. The summed E-state index contributed by atoms with van der Waals surface area (Å²) in [5, 5.41) is 102. The van der Waals surface area contributed by atoms with Gasteiger partial charge in [0.2, 0.25) is 0 Å². The smallest absolute Gasteiger partial charge is 0.187 e. The van der Waals surface area contributed by atoms with Crippen LogP contribution >= 0.6 is 11.8 Å². The number of rotatable bonds is 8. The van der Waals surface area contributed by atoms with Crippen molar-refractivity contribution < 1.29 is 89.0 Å². The summed E-state index contributed by atoms with van der Waals surface area (Å²) in [5.41, 5.74) is -1.11. The monoisotopic (exact) mass is 646 g/mol. The summed E-state index contributed by atoms with van der Waals surface area (Å²) in [4.78, 5) is 0. The van der Waals surface area contributed by atoms with Crippen molar-refractivity contribution in [3.8, 4) is 0 Å². The van der Waals surface area contributed by atoms with Gasteiger partial charge in [-0.3, -0.25) is 0 Å². The van der Waals surface area contributed by atoms with Crippen molar-refractivity contribution >= 4 is 11.8 Å². The zero-order valence-electron chi connectivity index (χ0n) is 22.5. The summed E-state index contributed by atoms with van der Waals surface area (Å²) >= 11 is 0.909. The Morgan fingerprint density at radius 2 is 1.16 bits per heavy atom. The Labute approximate surface area is 248 Å². The van der Waals surface area contributed by atoms with Gasteiger partial charge in [0.25, 0.3) is 0 Å². The number of ether oxygens (including phenoxy) is 8. The number of fused-ring (bicyclic) bond motifs is 4. The van der Waals surface area contributed by atoms with Crippen LogP contribution in [0.1, 0.15) is 0 Å². The Bertz CT molecular complexity index is 950. The van der Waals surface area contributed by atoms with Crippen LogP contribution < -0.4 is 0 Å². The first-order valence-corrected chi connectivity index (χ1v) is 15.0. The van der Waals surface area contributed by atoms with E-state index in [4.69, 9.17) is 37.9 Å². The van der Waals surface area contributed by atoms with Gasteiger partial charge in [-0.15, -0.1) is 11.8 Å². The van der Waals surface area contributed by atoms with E-state index in [1.54, 1.807) is 0 Å². The normalized spacial score (nSPS) is 56.8. The molecule has 43 heavy (non-hydrogen) atoms. The number of aliphatic hydroxyl groups excluding tert-OH is 10. The first-order chi connectivity index (χ1) is 20.5. The molecule has 20 atom stereocenters. The van der Waals surface area contributed by atoms with Gasteiger partial charge in [-0.2, -0.15) is 0 Å². The third kappa shape index (κ3) is 5.86. The summed E-state index contributed by atoms with van der Waals surface area (Å²) in [6.45, 7) is -1.26. The van der Waals surface area contributed by atoms with Gasteiger partial charge in [0.05, 0.1) is 37.8 Å². The molecule has 10 N–H and O–H groups in total. The lowest BCUT2D eigenvalue weighted by atomic mass is 9.97. The van der Waals surface area contributed by atoms with E-state index < -0.39 is 134 Å². The van der Waals surface area contributed by atoms with E-state index >= 15 is 0 Å². The highest BCUT2D eigenvalue weighted by atomic mass is 32.2. The third-order valence-electron chi connectivity index (χ3n) is 8.70. The van der Waals surface area contributed by atoms with E-state index in [1.165, 1.54) is 0 Å². The SMILES string of the molecule is OC[C@H]1O[C@@H](O[C@@H]2C3COC2C(O)C(O)O3)C(O)[C@@H](O[C@@H]2OC3COC(C2O)[C@@H]3O[C@@H]2S[C@H](CO)[C@H](O)[C@H](O)[C@H]2O)C1O. The molecule has 9 unspecified atom stereocenters. The van der Waals surface area contributed by atoms with Crippen LogP contribution in [0.15, 0.2) is 0 Å². The fourth-order valence-electron chi connectivity index (χ4n) is 6.28. The molecule has 6 saturated heterocycles. The summed E-state index contributed by atoms with van der Waals surface area (Å²) < 4.78 is 45.4. The topological polar surface area (TPSA) is 276 Å². The van der Waals surface area contributed by atoms with Crippen molar-refractivity contribution in [3.05, 3.63) is 0 Å². The maximum absolute atomic E-state index is 11.1. The van der Waals surface area contributed by atoms with Crippen LogP contribution in [-0.4, -0.2) is 199 Å². The van der Waals surface area contributed by atoms with Crippen LogP contribution in [0, 0.1) is 0 Å². The second-order valence-corrected chi connectivity index (χ2v) is 12.7. The zero-order valence-corrected chi connectivity index (χ0v) is 23.3. The molecule has 6 heterocycles. The largest absolute Gasteiger partial charge is 0.395 e. The van der Waals surface area contributed by atoms with Gasteiger partial charge < -0.3 is 89.0 Å². The molecule has 0 aromatic carbocycles. The fourth-order valence-corrected chi connectivity index (χ4v) is 7.54. The van der Waals surface area contributed by atoms with Crippen LogP contribution in [0.5, 0.6) is 0 Å². The highest BCUT2D eigenvalue weighted by Crippen LogP contribution is 2.40. The number of hydrogen-bond acceptors (Lipinski definition) is 19. The molecule has 0 spiro atoms. The molecule has 0 radical (unpaired) electrons. The molecule has 6 rings (SSSR count). The summed E-state index contributed by atoms with van der Waals surface area (Å²) in [5.74, 6) is 0. The average molecular weight is 647 g/mol. The molecule has 6 fully saturated rings. The molecule has 0 saturated carbocycles. The van der Waals surface area contributed by atoms with Crippen molar-refractivity contribution in [3.63, 3.8) is 0 Å². The molecule has 4 bridgehead atoms. The predicted octanol–water partition coefficient (Wildman–Crippen LogP) is -6.94. The van der Waals surface area contributed by atoms with Gasteiger partial charge in [0.15, 0.2) is 18.9 Å². The van der Waals surface area contributed by atoms with Gasteiger partial charge in [-0.1, -0.05) is 0 Å². The molecule has 0 aromatic heterocycles. The van der Waals surface area contributed by atoms with Crippen molar-refractivity contribution in [2.45, 2.75) is 121 Å². The Morgan fingerprint density at radius 3 is 1.84 bits per heavy atom. The van der Waals surface area contributed by atoms with E-state index in [2.05, 4.69) is 0 Å². The second kappa shape index (κ2) is 13.0. The number of thioether (sulfide) groups is 1. The maximum atomic E-state index is 11.1. The minimum absolute atomic E-state index is 0.0110. The van der Waals surface area contributed by atoms with E-state index in [-0.39, 0.29) is 13.2 Å². The highest BCUT2D eigenvalue weighted by molar-refractivity contribution is 8.00. The standard InChI is InChI=1S/C24H38O18S/c25-1-5-9(27)18(14(32)22(38-5)40-16-6-3-35-19(16)13(31)21(34)37-6)41-23-15(33)20-17(7(39-23)4-36-20)42-24-12(30)11(29)10(28)8(2-26)43-24/h5-34H,1-4H2/t5-,6?,7?,8-,9?,10+,11+,12-,13?,14?,15?,16-,17-,18+,19?,20?,21?,22+,23+,24-/m1/s1. The summed E-state index contributed by atoms with van der Waals surface area (Å²) in [7, 11) is 0. The summed E-state index contributed by atoms with van der Waals surface area (Å²) in [6.07, 6.45) is -23.8. The van der Waals surface area contributed by atoms with Crippen molar-refractivity contribution in [2.24, 2.45) is 0 Å². The first-order valence-electron chi connectivity index (χ1n) is 14.0. The maximum Gasteiger partial charge on any atom is 0.187 e. The highest BCUT2D eigenvalue weighted by Gasteiger charge is 2.58. The molecule has 248 valence electrons. The molecule has 0 amide bonds. The summed E-state index contributed by atoms with van der Waals surface area (Å²) in [6, 6.07) is 0. The van der Waals surface area contributed by atoms with Crippen LogP contribution in [0.25, 0.3) is 0 Å². The fraction of sp³-hybridized carbons (Fsp3) is 1.00. The molecule has 6 aliphatic rings. The number of aliphatic hydroxyl groups is 10. The number of hydrogen-bond donors (Lipinski definition) is 10. The molecule has 19 heteroatoms. The zero-order chi connectivity index (χ0) is 30.7.